The molecule has 1 N–H and O–H groups in total. The Labute approximate surface area is 173 Å². The molecule has 30 heavy (non-hydrogen) atoms. The van der Waals surface area contributed by atoms with Gasteiger partial charge < -0.3 is 14.5 Å². The molecule has 0 aliphatic carbocycles. The topological polar surface area (TPSA) is 64.4 Å². The van der Waals surface area contributed by atoms with Gasteiger partial charge in [0.25, 0.3) is 5.91 Å². The number of oxazole rings is 1. The van der Waals surface area contributed by atoms with Crippen molar-refractivity contribution in [3.8, 4) is 28.5 Å². The van der Waals surface area contributed by atoms with Crippen molar-refractivity contribution in [2.45, 2.75) is 6.54 Å². The van der Waals surface area contributed by atoms with Gasteiger partial charge in [-0.25, -0.2) is 9.37 Å². The molecule has 0 saturated heterocycles. The van der Waals surface area contributed by atoms with Crippen molar-refractivity contribution in [3.05, 3.63) is 95.9 Å². The summed E-state index contributed by atoms with van der Waals surface area (Å²) in [4.78, 5) is 17.1. The standard InChI is InChI=1S/C24H19FN2O3/c1-29-19-12-8-17(9-13-19)22-15-27-24(30-22)21-5-3-2-4-20(21)23(28)26-14-16-6-10-18(25)11-7-16/h2-13,15H,14H2,1H3,(H,26,28). The molecular weight excluding hydrogens is 383 g/mol. The second-order valence-electron chi connectivity index (χ2n) is 6.61. The number of hydrogen-bond donors (Lipinski definition) is 1. The number of hydrogen-bond acceptors (Lipinski definition) is 4. The van der Waals surface area contributed by atoms with Crippen LogP contribution in [0.5, 0.6) is 5.75 Å². The normalized spacial score (nSPS) is 10.6. The summed E-state index contributed by atoms with van der Waals surface area (Å²) in [5.41, 5.74) is 2.70. The van der Waals surface area contributed by atoms with Crippen molar-refractivity contribution in [1.29, 1.82) is 0 Å². The monoisotopic (exact) mass is 402 g/mol. The Morgan fingerprint density at radius 1 is 1.03 bits per heavy atom. The van der Waals surface area contributed by atoms with Crippen molar-refractivity contribution in [2.75, 3.05) is 7.11 Å². The van der Waals surface area contributed by atoms with E-state index in [0.717, 1.165) is 16.9 Å². The van der Waals surface area contributed by atoms with Crippen molar-refractivity contribution in [2.24, 2.45) is 0 Å². The van der Waals surface area contributed by atoms with Gasteiger partial charge in [-0.05, 0) is 54.1 Å². The second kappa shape index (κ2) is 8.61. The van der Waals surface area contributed by atoms with Crippen molar-refractivity contribution in [3.63, 3.8) is 0 Å². The average Bonchev–Trinajstić information content (AvgIpc) is 3.29. The van der Waals surface area contributed by atoms with Crippen LogP contribution in [0.4, 0.5) is 4.39 Å². The Kier molecular flexibility index (Phi) is 5.57. The zero-order valence-corrected chi connectivity index (χ0v) is 16.3. The first-order valence-electron chi connectivity index (χ1n) is 9.36. The van der Waals surface area contributed by atoms with Crippen LogP contribution < -0.4 is 10.1 Å². The number of rotatable bonds is 6. The number of nitrogens with one attached hydrogen (secondary N) is 1. The molecule has 4 rings (SSSR count). The van der Waals surface area contributed by atoms with Crippen molar-refractivity contribution in [1.82, 2.24) is 10.3 Å². The van der Waals surface area contributed by atoms with Gasteiger partial charge in [0, 0.05) is 17.7 Å². The Bertz CT molecular complexity index is 1150. The Morgan fingerprint density at radius 2 is 1.77 bits per heavy atom. The maximum Gasteiger partial charge on any atom is 0.252 e. The lowest BCUT2D eigenvalue weighted by molar-refractivity contribution is 0.0951. The number of carbonyl (C=O) groups is 1. The van der Waals surface area contributed by atoms with Gasteiger partial charge in [0.05, 0.1) is 18.9 Å². The third-order valence-electron chi connectivity index (χ3n) is 4.65. The van der Waals surface area contributed by atoms with E-state index in [1.54, 1.807) is 43.6 Å². The largest absolute Gasteiger partial charge is 0.497 e. The number of amides is 1. The van der Waals surface area contributed by atoms with Gasteiger partial charge in [-0.1, -0.05) is 24.3 Å². The Hall–Kier alpha value is -3.93. The van der Waals surface area contributed by atoms with Crippen LogP contribution in [-0.4, -0.2) is 18.0 Å². The molecule has 0 radical (unpaired) electrons. The smallest absolute Gasteiger partial charge is 0.252 e. The van der Waals surface area contributed by atoms with Gasteiger partial charge in [-0.15, -0.1) is 0 Å². The number of aromatic nitrogens is 1. The minimum Gasteiger partial charge on any atom is -0.497 e. The molecule has 0 aliphatic heterocycles. The third-order valence-corrected chi connectivity index (χ3v) is 4.65. The first kappa shape index (κ1) is 19.4. The van der Waals surface area contributed by atoms with E-state index in [1.807, 2.05) is 30.3 Å². The number of benzene rings is 3. The molecule has 5 nitrogen and oxygen atoms in total. The molecule has 0 unspecified atom stereocenters. The Balaban J connectivity index is 1.54. The fourth-order valence-electron chi connectivity index (χ4n) is 3.03. The lowest BCUT2D eigenvalue weighted by Gasteiger charge is -2.08. The predicted molar refractivity (Wildman–Crippen MR) is 111 cm³/mol. The van der Waals surface area contributed by atoms with Crippen molar-refractivity contribution >= 4 is 5.91 Å². The molecule has 0 saturated carbocycles. The molecule has 0 atom stereocenters. The molecule has 0 spiro atoms. The highest BCUT2D eigenvalue weighted by molar-refractivity contribution is 6.00. The first-order valence-corrected chi connectivity index (χ1v) is 9.36. The van der Waals surface area contributed by atoms with Crippen LogP contribution in [0.3, 0.4) is 0 Å². The number of ether oxygens (including phenoxy) is 1. The molecule has 0 aliphatic rings. The summed E-state index contributed by atoms with van der Waals surface area (Å²) in [5.74, 6) is 1.12. The predicted octanol–water partition coefficient (Wildman–Crippen LogP) is 5.09. The zero-order chi connectivity index (χ0) is 20.9. The fraction of sp³-hybridized carbons (Fsp3) is 0.0833. The maximum atomic E-state index is 13.0. The van der Waals surface area contributed by atoms with Gasteiger partial charge in [-0.3, -0.25) is 4.79 Å². The van der Waals surface area contributed by atoms with Crippen LogP contribution in [0.2, 0.25) is 0 Å². The van der Waals surface area contributed by atoms with E-state index in [4.69, 9.17) is 9.15 Å². The lowest BCUT2D eigenvalue weighted by Crippen LogP contribution is -2.23. The van der Waals surface area contributed by atoms with E-state index in [1.165, 1.54) is 12.1 Å². The van der Waals surface area contributed by atoms with E-state index in [2.05, 4.69) is 10.3 Å². The first-order chi connectivity index (χ1) is 14.6. The number of methoxy groups -OCH3 is 1. The van der Waals surface area contributed by atoms with Crippen LogP contribution in [0.1, 0.15) is 15.9 Å². The highest BCUT2D eigenvalue weighted by atomic mass is 19.1. The van der Waals surface area contributed by atoms with Gasteiger partial charge in [0.1, 0.15) is 11.6 Å². The minimum atomic E-state index is -0.313. The van der Waals surface area contributed by atoms with Crippen LogP contribution in [0.15, 0.2) is 83.4 Å². The molecule has 1 aromatic heterocycles. The summed E-state index contributed by atoms with van der Waals surface area (Å²) in [5, 5.41) is 2.85. The molecule has 150 valence electrons. The molecule has 0 bridgehead atoms. The van der Waals surface area contributed by atoms with Gasteiger partial charge >= 0.3 is 0 Å². The van der Waals surface area contributed by atoms with Gasteiger partial charge in [0.15, 0.2) is 5.76 Å². The highest BCUT2D eigenvalue weighted by Crippen LogP contribution is 2.29. The minimum absolute atomic E-state index is 0.265. The third kappa shape index (κ3) is 4.22. The lowest BCUT2D eigenvalue weighted by atomic mass is 10.1. The number of carbonyl (C=O) groups excluding carboxylic acids is 1. The van der Waals surface area contributed by atoms with Gasteiger partial charge in [0.2, 0.25) is 5.89 Å². The van der Waals surface area contributed by atoms with E-state index < -0.39 is 0 Å². The average molecular weight is 402 g/mol. The van der Waals surface area contributed by atoms with Crippen LogP contribution in [0.25, 0.3) is 22.8 Å². The summed E-state index contributed by atoms with van der Waals surface area (Å²) in [6, 6.07) is 20.5. The zero-order valence-electron chi connectivity index (χ0n) is 16.3. The van der Waals surface area contributed by atoms with Crippen molar-refractivity contribution < 1.29 is 18.3 Å². The van der Waals surface area contributed by atoms with E-state index in [0.29, 0.717) is 22.8 Å². The number of nitrogens with zero attached hydrogens (tertiary/aromatic N) is 1. The van der Waals surface area contributed by atoms with Crippen LogP contribution >= 0.6 is 0 Å². The summed E-state index contributed by atoms with van der Waals surface area (Å²) in [6.45, 7) is 0.288. The van der Waals surface area contributed by atoms with E-state index in [-0.39, 0.29) is 18.3 Å². The molecule has 1 amide bonds. The molecule has 6 heteroatoms. The summed E-state index contributed by atoms with van der Waals surface area (Å²) >= 11 is 0. The fourth-order valence-corrected chi connectivity index (χ4v) is 3.03. The maximum absolute atomic E-state index is 13.0. The molecule has 4 aromatic rings. The quantitative estimate of drug-likeness (QED) is 0.488. The number of halogens is 1. The summed E-state index contributed by atoms with van der Waals surface area (Å²) in [6.07, 6.45) is 1.63. The molecule has 1 heterocycles. The summed E-state index contributed by atoms with van der Waals surface area (Å²) in [7, 11) is 1.61. The van der Waals surface area contributed by atoms with Gasteiger partial charge in [-0.2, -0.15) is 0 Å². The highest BCUT2D eigenvalue weighted by Gasteiger charge is 2.17. The second-order valence-corrected chi connectivity index (χ2v) is 6.61. The van der Waals surface area contributed by atoms with E-state index in [9.17, 15) is 9.18 Å². The molecule has 0 fully saturated rings. The van der Waals surface area contributed by atoms with E-state index >= 15 is 0 Å². The summed E-state index contributed by atoms with van der Waals surface area (Å²) < 4.78 is 24.1. The molecule has 3 aromatic carbocycles. The SMILES string of the molecule is COc1ccc(-c2cnc(-c3ccccc3C(=O)NCc3ccc(F)cc3)o2)cc1. The molecular formula is C24H19FN2O3. The Morgan fingerprint density at radius 3 is 2.50 bits per heavy atom. The van der Waals surface area contributed by atoms with Crippen LogP contribution in [-0.2, 0) is 6.54 Å². The van der Waals surface area contributed by atoms with Crippen LogP contribution in [0, 0.1) is 5.82 Å².